The Morgan fingerprint density at radius 1 is 0.871 bits per heavy atom. The number of benzene rings is 3. The summed E-state index contributed by atoms with van der Waals surface area (Å²) in [4.78, 5) is 32.9. The molecule has 0 saturated heterocycles. The van der Waals surface area contributed by atoms with Gasteiger partial charge in [0.15, 0.2) is 0 Å². The second kappa shape index (κ2) is 7.69. The summed E-state index contributed by atoms with van der Waals surface area (Å²) in [6, 6.07) is 25.0. The van der Waals surface area contributed by atoms with Crippen molar-refractivity contribution in [2.24, 2.45) is 0 Å². The third-order valence-corrected chi connectivity index (χ3v) is 5.62. The van der Waals surface area contributed by atoms with Crippen molar-refractivity contribution in [3.05, 3.63) is 106 Å². The van der Waals surface area contributed by atoms with Crippen LogP contribution in [0.2, 0.25) is 0 Å². The first-order chi connectivity index (χ1) is 15.2. The summed E-state index contributed by atoms with van der Waals surface area (Å²) in [5, 5.41) is 0.579. The summed E-state index contributed by atoms with van der Waals surface area (Å²) in [6.45, 7) is 2.87. The van der Waals surface area contributed by atoms with Crippen LogP contribution < -0.4 is 10.5 Å². The minimum absolute atomic E-state index is 0.0879. The van der Waals surface area contributed by atoms with Gasteiger partial charge in [-0.1, -0.05) is 60.7 Å². The van der Waals surface area contributed by atoms with Crippen LogP contribution in [0.5, 0.6) is 0 Å². The summed E-state index contributed by atoms with van der Waals surface area (Å²) >= 11 is 0. The van der Waals surface area contributed by atoms with Crippen LogP contribution in [0.3, 0.4) is 0 Å². The predicted molar refractivity (Wildman–Crippen MR) is 124 cm³/mol. The van der Waals surface area contributed by atoms with E-state index in [4.69, 9.17) is 4.98 Å². The zero-order valence-corrected chi connectivity index (χ0v) is 17.2. The van der Waals surface area contributed by atoms with Gasteiger partial charge in [0, 0.05) is 12.1 Å². The highest BCUT2D eigenvalue weighted by molar-refractivity contribution is 6.35. The number of fused-ring (bicyclic) bond motifs is 2. The molecule has 2 heterocycles. The molecule has 0 spiro atoms. The molecule has 1 aliphatic heterocycles. The molecule has 0 atom stereocenters. The van der Waals surface area contributed by atoms with E-state index in [0.717, 1.165) is 16.8 Å². The number of anilines is 1. The molecule has 5 rings (SSSR count). The molecule has 0 radical (unpaired) electrons. The average Bonchev–Trinajstić information content (AvgIpc) is 3.06. The first-order valence-electron chi connectivity index (χ1n) is 10.3. The van der Waals surface area contributed by atoms with E-state index in [1.54, 1.807) is 21.6 Å². The lowest BCUT2D eigenvalue weighted by atomic mass is 10.1. The van der Waals surface area contributed by atoms with Crippen molar-refractivity contribution in [2.75, 3.05) is 4.90 Å². The molecular weight excluding hydrogens is 386 g/mol. The van der Waals surface area contributed by atoms with Crippen molar-refractivity contribution in [3.8, 4) is 0 Å². The summed E-state index contributed by atoms with van der Waals surface area (Å²) in [5.74, 6) is 0.404. The van der Waals surface area contributed by atoms with E-state index in [-0.39, 0.29) is 11.5 Å². The molecule has 0 bridgehead atoms. The number of carbonyl (C=O) groups is 1. The van der Waals surface area contributed by atoms with E-state index in [0.29, 0.717) is 35.4 Å². The van der Waals surface area contributed by atoms with Crippen LogP contribution in [0.4, 0.5) is 5.69 Å². The second-order valence-corrected chi connectivity index (χ2v) is 7.49. The van der Waals surface area contributed by atoms with E-state index >= 15 is 0 Å². The number of aromatic nitrogens is 2. The summed E-state index contributed by atoms with van der Waals surface area (Å²) in [5.41, 5.74) is 3.86. The Bertz CT molecular complexity index is 1390. The number of rotatable bonds is 4. The molecule has 0 unspecified atom stereocenters. The van der Waals surface area contributed by atoms with Crippen molar-refractivity contribution < 1.29 is 4.79 Å². The molecule has 5 heteroatoms. The van der Waals surface area contributed by atoms with Crippen molar-refractivity contribution in [3.63, 3.8) is 0 Å². The largest absolute Gasteiger partial charge is 0.303 e. The van der Waals surface area contributed by atoms with Crippen molar-refractivity contribution >= 4 is 34.1 Å². The van der Waals surface area contributed by atoms with Gasteiger partial charge in [-0.05, 0) is 36.8 Å². The Labute approximate surface area is 179 Å². The number of para-hydroxylation sites is 2. The van der Waals surface area contributed by atoms with Crippen LogP contribution >= 0.6 is 0 Å². The number of carbonyl (C=O) groups excluding carboxylic acids is 1. The lowest BCUT2D eigenvalue weighted by molar-refractivity contribution is -0.113. The molecule has 0 aliphatic carbocycles. The maximum absolute atomic E-state index is 13.5. The summed E-state index contributed by atoms with van der Waals surface area (Å²) in [6.07, 6.45) is 1.75. The average molecular weight is 407 g/mol. The molecule has 1 aromatic heterocycles. The predicted octanol–water partition coefficient (Wildman–Crippen LogP) is 4.50. The highest BCUT2D eigenvalue weighted by Gasteiger charge is 2.32. The van der Waals surface area contributed by atoms with Crippen molar-refractivity contribution in [1.29, 1.82) is 0 Å². The fourth-order valence-electron chi connectivity index (χ4n) is 4.10. The topological polar surface area (TPSA) is 55.2 Å². The van der Waals surface area contributed by atoms with Gasteiger partial charge in [0.05, 0.1) is 28.7 Å². The normalized spacial score (nSPS) is 14.4. The number of amides is 1. The lowest BCUT2D eigenvalue weighted by Gasteiger charge is -2.17. The van der Waals surface area contributed by atoms with E-state index in [2.05, 4.69) is 0 Å². The van der Waals surface area contributed by atoms with Gasteiger partial charge in [-0.25, -0.2) is 4.98 Å². The Morgan fingerprint density at radius 3 is 2.39 bits per heavy atom. The van der Waals surface area contributed by atoms with Crippen molar-refractivity contribution in [2.45, 2.75) is 20.0 Å². The molecule has 1 amide bonds. The Balaban J connectivity index is 1.65. The molecule has 3 aromatic carbocycles. The quantitative estimate of drug-likeness (QED) is 0.468. The van der Waals surface area contributed by atoms with E-state index in [1.165, 1.54) is 0 Å². The molecule has 152 valence electrons. The van der Waals surface area contributed by atoms with Gasteiger partial charge in [0.25, 0.3) is 11.5 Å². The molecule has 0 fully saturated rings. The molecule has 31 heavy (non-hydrogen) atoms. The van der Waals surface area contributed by atoms with Gasteiger partial charge in [-0.3, -0.25) is 14.2 Å². The first kappa shape index (κ1) is 19.0. The fraction of sp³-hybridized carbons (Fsp3) is 0.115. The van der Waals surface area contributed by atoms with Gasteiger partial charge in [-0.2, -0.15) is 0 Å². The highest BCUT2D eigenvalue weighted by atomic mass is 16.2. The van der Waals surface area contributed by atoms with Crippen LogP contribution in [0.25, 0.3) is 22.6 Å². The lowest BCUT2D eigenvalue weighted by Crippen LogP contribution is -2.26. The zero-order valence-electron chi connectivity index (χ0n) is 17.2. The Morgan fingerprint density at radius 2 is 1.58 bits per heavy atom. The minimum Gasteiger partial charge on any atom is -0.303 e. The number of hydrogen-bond acceptors (Lipinski definition) is 3. The zero-order chi connectivity index (χ0) is 21.4. The van der Waals surface area contributed by atoms with Crippen LogP contribution in [-0.2, 0) is 17.9 Å². The molecule has 4 aromatic rings. The highest BCUT2D eigenvalue weighted by Crippen LogP contribution is 2.38. The van der Waals surface area contributed by atoms with Gasteiger partial charge in [-0.15, -0.1) is 0 Å². The van der Waals surface area contributed by atoms with Crippen LogP contribution in [0.15, 0.2) is 83.7 Å². The van der Waals surface area contributed by atoms with Gasteiger partial charge in [0.1, 0.15) is 5.82 Å². The smallest absolute Gasteiger partial charge is 0.261 e. The van der Waals surface area contributed by atoms with E-state index in [9.17, 15) is 9.59 Å². The maximum Gasteiger partial charge on any atom is 0.261 e. The minimum atomic E-state index is -0.0974. The number of hydrogen-bond donors (Lipinski definition) is 0. The first-order valence-corrected chi connectivity index (χ1v) is 10.3. The van der Waals surface area contributed by atoms with Crippen LogP contribution in [-0.4, -0.2) is 15.5 Å². The van der Waals surface area contributed by atoms with Gasteiger partial charge in [0.2, 0.25) is 0 Å². The Hall–Kier alpha value is -3.99. The summed E-state index contributed by atoms with van der Waals surface area (Å²) < 4.78 is 1.62. The molecule has 5 nitrogen and oxygen atoms in total. The Kier molecular flexibility index (Phi) is 4.71. The third kappa shape index (κ3) is 3.24. The molecule has 0 N–H and O–H groups in total. The SMILES string of the molecule is CCn1c(/C=C2/C(=O)N(Cc3ccccc3)c3ccccc32)nc2ccccc2c1=O. The van der Waals surface area contributed by atoms with E-state index < -0.39 is 0 Å². The third-order valence-electron chi connectivity index (χ3n) is 5.62. The molecule has 0 saturated carbocycles. The fourth-order valence-corrected chi connectivity index (χ4v) is 4.10. The van der Waals surface area contributed by atoms with Crippen molar-refractivity contribution in [1.82, 2.24) is 9.55 Å². The summed E-state index contributed by atoms with van der Waals surface area (Å²) in [7, 11) is 0. The van der Waals surface area contributed by atoms with E-state index in [1.807, 2.05) is 79.7 Å². The molecule has 1 aliphatic rings. The maximum atomic E-state index is 13.5. The molecular formula is C26H21N3O2. The van der Waals surface area contributed by atoms with Crippen LogP contribution in [0.1, 0.15) is 23.9 Å². The monoisotopic (exact) mass is 407 g/mol. The van der Waals surface area contributed by atoms with Crippen LogP contribution in [0, 0.1) is 0 Å². The second-order valence-electron chi connectivity index (χ2n) is 7.49. The standard InChI is InChI=1S/C26H21N3O2/c1-2-28-24(27-22-14-8-6-13-20(22)25(28)30)16-21-19-12-7-9-15-23(19)29(26(21)31)17-18-10-4-3-5-11-18/h3-16H,2,17H2,1H3/b21-16+. The van der Waals surface area contributed by atoms with Gasteiger partial charge < -0.3 is 4.90 Å². The van der Waals surface area contributed by atoms with Gasteiger partial charge >= 0.3 is 0 Å². The number of nitrogens with zero attached hydrogens (tertiary/aromatic N) is 3.